The van der Waals surface area contributed by atoms with Gasteiger partial charge in [0.05, 0.1) is 12.1 Å². The Labute approximate surface area is 75.3 Å². The number of halogens is 1. The van der Waals surface area contributed by atoms with Crippen LogP contribution in [-0.2, 0) is 0 Å². The summed E-state index contributed by atoms with van der Waals surface area (Å²) in [6, 6.07) is 0.0995. The molecule has 1 fully saturated rings. The first-order valence-corrected chi connectivity index (χ1v) is 4.74. The summed E-state index contributed by atoms with van der Waals surface area (Å²) in [5, 5.41) is 0.944. The number of rotatable bonds is 0. The molecule has 0 saturated carbocycles. The predicted molar refractivity (Wildman–Crippen MR) is 50.7 cm³/mol. The first-order valence-electron chi connectivity index (χ1n) is 4.74. The smallest absolute Gasteiger partial charge is 0.0504 e. The second-order valence-corrected chi connectivity index (χ2v) is 3.26. The van der Waals surface area contributed by atoms with Gasteiger partial charge in [-0.2, -0.15) is 0 Å². The van der Waals surface area contributed by atoms with Gasteiger partial charge < -0.3 is 4.90 Å². The lowest BCUT2D eigenvalue weighted by Gasteiger charge is -2.36. The van der Waals surface area contributed by atoms with Gasteiger partial charge in [0.2, 0.25) is 0 Å². The van der Waals surface area contributed by atoms with Gasteiger partial charge >= 0.3 is 0 Å². The Morgan fingerprint density at radius 1 is 1.08 bits per heavy atom. The lowest BCUT2D eigenvalue weighted by molar-refractivity contribution is -0.0947. The Kier molecular flexibility index (Phi) is 5.42. The van der Waals surface area contributed by atoms with Crippen molar-refractivity contribution in [2.24, 2.45) is 0 Å². The van der Waals surface area contributed by atoms with Crippen LogP contribution in [-0.4, -0.2) is 42.2 Å². The van der Waals surface area contributed by atoms with E-state index in [0.717, 1.165) is 18.2 Å². The molecule has 1 aliphatic heterocycles. The highest BCUT2D eigenvalue weighted by Gasteiger charge is 2.27. The van der Waals surface area contributed by atoms with Crippen molar-refractivity contribution < 1.29 is 4.48 Å². The van der Waals surface area contributed by atoms with Gasteiger partial charge in [-0.1, -0.05) is 13.8 Å². The number of nitrogens with zero attached hydrogens (tertiary/aromatic N) is 2. The topological polar surface area (TPSA) is 6.48 Å². The van der Waals surface area contributed by atoms with Gasteiger partial charge in [0.15, 0.2) is 0 Å². The van der Waals surface area contributed by atoms with E-state index in [-0.39, 0.29) is 12.1 Å². The minimum absolute atomic E-state index is 0.0498. The standard InChI is InChI=1S/C7H15FN2.C2H6/c1-6-4-9(3)5-7(2)10(6)8;1-2/h6-7H,4-5H2,1-3H3;1-2H3. The van der Waals surface area contributed by atoms with Crippen LogP contribution in [0.5, 0.6) is 0 Å². The molecule has 2 unspecified atom stereocenters. The Hall–Kier alpha value is -0.150. The number of likely N-dealkylation sites (N-methyl/N-ethyl adjacent to an activating group) is 1. The minimum Gasteiger partial charge on any atom is -0.303 e. The molecule has 0 spiro atoms. The number of hydrogen-bond donors (Lipinski definition) is 0. The number of hydrogen-bond acceptors (Lipinski definition) is 2. The zero-order valence-corrected chi connectivity index (χ0v) is 8.84. The SMILES string of the molecule is CC.CC1CN(C)CC(C)N1F. The predicted octanol–water partition coefficient (Wildman–Crippen LogP) is 1.92. The quantitative estimate of drug-likeness (QED) is 0.520. The minimum atomic E-state index is 0.0498. The summed E-state index contributed by atoms with van der Waals surface area (Å²) in [6.07, 6.45) is 0. The van der Waals surface area contributed by atoms with Gasteiger partial charge in [-0.3, -0.25) is 0 Å². The zero-order chi connectivity index (χ0) is 9.72. The average Bonchev–Trinajstić information content (AvgIpc) is 2.04. The largest absolute Gasteiger partial charge is 0.303 e. The molecule has 0 aromatic rings. The van der Waals surface area contributed by atoms with Crippen LogP contribution in [0.4, 0.5) is 4.48 Å². The molecule has 74 valence electrons. The molecular formula is C9H21FN2. The van der Waals surface area contributed by atoms with Gasteiger partial charge in [0.25, 0.3) is 0 Å². The third-order valence-electron chi connectivity index (χ3n) is 1.99. The molecule has 0 aliphatic carbocycles. The molecule has 3 heteroatoms. The second kappa shape index (κ2) is 5.49. The van der Waals surface area contributed by atoms with Crippen LogP contribution in [0.3, 0.4) is 0 Å². The van der Waals surface area contributed by atoms with Crippen LogP contribution < -0.4 is 0 Å². The van der Waals surface area contributed by atoms with E-state index in [2.05, 4.69) is 4.90 Å². The van der Waals surface area contributed by atoms with Crippen molar-refractivity contribution in [3.8, 4) is 0 Å². The average molecular weight is 176 g/mol. The molecule has 12 heavy (non-hydrogen) atoms. The lowest BCUT2D eigenvalue weighted by atomic mass is 10.1. The normalized spacial score (nSPS) is 32.5. The van der Waals surface area contributed by atoms with Crippen LogP contribution in [0.15, 0.2) is 0 Å². The van der Waals surface area contributed by atoms with Crippen molar-refractivity contribution in [1.82, 2.24) is 10.0 Å². The molecule has 0 aromatic carbocycles. The Balaban J connectivity index is 0.000000561. The highest BCUT2D eigenvalue weighted by molar-refractivity contribution is 4.77. The van der Waals surface area contributed by atoms with E-state index in [1.54, 1.807) is 0 Å². The zero-order valence-electron chi connectivity index (χ0n) is 8.84. The summed E-state index contributed by atoms with van der Waals surface area (Å²) in [5.41, 5.74) is 0. The maximum absolute atomic E-state index is 13.0. The van der Waals surface area contributed by atoms with Crippen molar-refractivity contribution in [1.29, 1.82) is 0 Å². The van der Waals surface area contributed by atoms with Crippen molar-refractivity contribution in [3.05, 3.63) is 0 Å². The van der Waals surface area contributed by atoms with Crippen molar-refractivity contribution in [3.63, 3.8) is 0 Å². The summed E-state index contributed by atoms with van der Waals surface area (Å²) in [5.74, 6) is 0. The highest BCUT2D eigenvalue weighted by atomic mass is 19.2. The summed E-state index contributed by atoms with van der Waals surface area (Å²) in [7, 11) is 2.03. The fraction of sp³-hybridized carbons (Fsp3) is 1.00. The first-order chi connectivity index (χ1) is 5.61. The molecule has 1 aliphatic rings. The Morgan fingerprint density at radius 3 is 1.75 bits per heavy atom. The third-order valence-corrected chi connectivity index (χ3v) is 1.99. The van der Waals surface area contributed by atoms with Gasteiger partial charge in [0.1, 0.15) is 0 Å². The van der Waals surface area contributed by atoms with E-state index < -0.39 is 0 Å². The van der Waals surface area contributed by atoms with Crippen LogP contribution in [0, 0.1) is 0 Å². The lowest BCUT2D eigenvalue weighted by Crippen LogP contribution is -2.51. The molecule has 1 heterocycles. The molecule has 0 aromatic heterocycles. The Morgan fingerprint density at radius 2 is 1.42 bits per heavy atom. The summed E-state index contributed by atoms with van der Waals surface area (Å²) < 4.78 is 13.0. The molecule has 2 nitrogen and oxygen atoms in total. The van der Waals surface area contributed by atoms with Crippen LogP contribution in [0.1, 0.15) is 27.7 Å². The summed E-state index contributed by atoms with van der Waals surface area (Å²) in [6.45, 7) is 9.49. The monoisotopic (exact) mass is 176 g/mol. The summed E-state index contributed by atoms with van der Waals surface area (Å²) >= 11 is 0. The highest BCUT2D eigenvalue weighted by Crippen LogP contribution is 2.13. The van der Waals surface area contributed by atoms with Crippen molar-refractivity contribution in [2.45, 2.75) is 39.8 Å². The number of piperazine rings is 1. The van der Waals surface area contributed by atoms with Gasteiger partial charge in [0, 0.05) is 13.1 Å². The molecular weight excluding hydrogens is 155 g/mol. The van der Waals surface area contributed by atoms with E-state index in [0.29, 0.717) is 0 Å². The van der Waals surface area contributed by atoms with Crippen LogP contribution >= 0.6 is 0 Å². The fourth-order valence-corrected chi connectivity index (χ4v) is 1.57. The summed E-state index contributed by atoms with van der Waals surface area (Å²) in [4.78, 5) is 2.16. The van der Waals surface area contributed by atoms with E-state index >= 15 is 0 Å². The molecule has 1 saturated heterocycles. The second-order valence-electron chi connectivity index (χ2n) is 3.26. The maximum Gasteiger partial charge on any atom is 0.0504 e. The molecule has 0 radical (unpaired) electrons. The van der Waals surface area contributed by atoms with Gasteiger partial charge in [-0.25, -0.2) is 0 Å². The first kappa shape index (κ1) is 11.8. The molecule has 0 N–H and O–H groups in total. The van der Waals surface area contributed by atoms with E-state index in [1.807, 2.05) is 34.7 Å². The molecule has 2 atom stereocenters. The molecule has 1 rings (SSSR count). The van der Waals surface area contributed by atoms with Crippen molar-refractivity contribution in [2.75, 3.05) is 20.1 Å². The van der Waals surface area contributed by atoms with Gasteiger partial charge in [-0.15, -0.1) is 9.60 Å². The van der Waals surface area contributed by atoms with Crippen molar-refractivity contribution >= 4 is 0 Å². The van der Waals surface area contributed by atoms with E-state index in [1.165, 1.54) is 0 Å². The van der Waals surface area contributed by atoms with Crippen LogP contribution in [0.2, 0.25) is 0 Å². The van der Waals surface area contributed by atoms with Crippen LogP contribution in [0.25, 0.3) is 0 Å². The van der Waals surface area contributed by atoms with Gasteiger partial charge in [-0.05, 0) is 20.9 Å². The third kappa shape index (κ3) is 3.07. The fourth-order valence-electron chi connectivity index (χ4n) is 1.57. The van der Waals surface area contributed by atoms with E-state index in [4.69, 9.17) is 0 Å². The van der Waals surface area contributed by atoms with E-state index in [9.17, 15) is 4.48 Å². The molecule has 0 amide bonds. The maximum atomic E-state index is 13.0. The molecule has 0 bridgehead atoms. The Bertz CT molecular complexity index is 107.